The second kappa shape index (κ2) is 5.81. The highest BCUT2D eigenvalue weighted by Crippen LogP contribution is 2.23. The molecular formula is C14H15FN2O2. The second-order valence-electron chi connectivity index (χ2n) is 4.82. The molecule has 1 N–H and O–H groups in total. The molecule has 19 heavy (non-hydrogen) atoms. The van der Waals surface area contributed by atoms with Crippen molar-refractivity contribution in [3.05, 3.63) is 35.1 Å². The third-order valence-electron chi connectivity index (χ3n) is 3.38. The Bertz CT molecular complexity index is 525. The van der Waals surface area contributed by atoms with Crippen molar-refractivity contribution in [2.45, 2.75) is 31.8 Å². The Kier molecular flexibility index (Phi) is 4.13. The van der Waals surface area contributed by atoms with Gasteiger partial charge in [0.25, 0.3) is 0 Å². The third kappa shape index (κ3) is 3.52. The predicted octanol–water partition coefficient (Wildman–Crippen LogP) is 2.14. The molecule has 0 bridgehead atoms. The van der Waals surface area contributed by atoms with E-state index in [-0.39, 0.29) is 12.5 Å². The number of hydrogen-bond donors (Lipinski definition) is 1. The third-order valence-corrected chi connectivity index (χ3v) is 3.38. The summed E-state index contributed by atoms with van der Waals surface area (Å²) < 4.78 is 13.3. The summed E-state index contributed by atoms with van der Waals surface area (Å²) in [6, 6.07) is 6.18. The van der Waals surface area contributed by atoms with Crippen molar-refractivity contribution in [2.24, 2.45) is 0 Å². The standard InChI is InChI=1S/C14H15FN2O2/c15-12-5-10(8-16)4-11(6-12)9-17-3-1-2-13(17)7-14(18)19/h4-6,13H,1-3,7,9H2,(H,18,19). The first-order chi connectivity index (χ1) is 9.08. The molecule has 5 heteroatoms. The van der Waals surface area contributed by atoms with E-state index in [2.05, 4.69) is 0 Å². The molecule has 0 radical (unpaired) electrons. The van der Waals surface area contributed by atoms with Gasteiger partial charge in [-0.2, -0.15) is 5.26 Å². The number of nitrogens with zero attached hydrogens (tertiary/aromatic N) is 2. The van der Waals surface area contributed by atoms with Gasteiger partial charge in [0.05, 0.1) is 18.1 Å². The van der Waals surface area contributed by atoms with E-state index in [1.54, 1.807) is 6.07 Å². The van der Waals surface area contributed by atoms with E-state index in [9.17, 15) is 9.18 Å². The molecule has 1 heterocycles. The van der Waals surface area contributed by atoms with Crippen LogP contribution in [0.15, 0.2) is 18.2 Å². The molecule has 1 aliphatic heterocycles. The van der Waals surface area contributed by atoms with Gasteiger partial charge in [0.2, 0.25) is 0 Å². The van der Waals surface area contributed by atoms with E-state index >= 15 is 0 Å². The van der Waals surface area contributed by atoms with Gasteiger partial charge in [0.15, 0.2) is 0 Å². The number of aliphatic carboxylic acids is 1. The molecule has 0 amide bonds. The van der Waals surface area contributed by atoms with Gasteiger partial charge < -0.3 is 5.11 Å². The number of halogens is 1. The molecule has 1 saturated heterocycles. The molecule has 1 unspecified atom stereocenters. The first-order valence-electron chi connectivity index (χ1n) is 6.24. The Labute approximate surface area is 111 Å². The van der Waals surface area contributed by atoms with Crippen LogP contribution < -0.4 is 0 Å². The molecule has 0 aliphatic carbocycles. The molecule has 1 aromatic rings. The number of carboxylic acid groups (broad SMARTS) is 1. The highest BCUT2D eigenvalue weighted by Gasteiger charge is 2.26. The van der Waals surface area contributed by atoms with Gasteiger partial charge in [0, 0.05) is 12.6 Å². The minimum Gasteiger partial charge on any atom is -0.481 e. The Morgan fingerprint density at radius 2 is 2.32 bits per heavy atom. The van der Waals surface area contributed by atoms with Gasteiger partial charge in [-0.1, -0.05) is 0 Å². The fourth-order valence-corrected chi connectivity index (χ4v) is 2.58. The summed E-state index contributed by atoms with van der Waals surface area (Å²) in [5.41, 5.74) is 1.01. The van der Waals surface area contributed by atoms with Gasteiger partial charge >= 0.3 is 5.97 Å². The van der Waals surface area contributed by atoms with Gasteiger partial charge in [-0.25, -0.2) is 4.39 Å². The lowest BCUT2D eigenvalue weighted by Crippen LogP contribution is -2.30. The van der Waals surface area contributed by atoms with Gasteiger partial charge in [-0.15, -0.1) is 0 Å². The average Bonchev–Trinajstić information content (AvgIpc) is 2.75. The lowest BCUT2D eigenvalue weighted by molar-refractivity contribution is -0.138. The highest BCUT2D eigenvalue weighted by atomic mass is 19.1. The minimum atomic E-state index is -0.811. The van der Waals surface area contributed by atoms with Crippen LogP contribution in [-0.2, 0) is 11.3 Å². The van der Waals surface area contributed by atoms with Crippen molar-refractivity contribution < 1.29 is 14.3 Å². The van der Waals surface area contributed by atoms with Crippen LogP contribution in [0.5, 0.6) is 0 Å². The van der Waals surface area contributed by atoms with E-state index in [1.807, 2.05) is 11.0 Å². The normalized spacial score (nSPS) is 19.3. The summed E-state index contributed by atoms with van der Waals surface area (Å²) in [5, 5.41) is 17.7. The van der Waals surface area contributed by atoms with Crippen LogP contribution in [-0.4, -0.2) is 28.6 Å². The lowest BCUT2D eigenvalue weighted by atomic mass is 10.1. The van der Waals surface area contributed by atoms with Crippen LogP contribution in [0.3, 0.4) is 0 Å². The number of carbonyl (C=O) groups is 1. The van der Waals surface area contributed by atoms with E-state index in [1.165, 1.54) is 12.1 Å². The first kappa shape index (κ1) is 13.5. The topological polar surface area (TPSA) is 64.3 Å². The van der Waals surface area contributed by atoms with Crippen molar-refractivity contribution in [3.8, 4) is 6.07 Å². The van der Waals surface area contributed by atoms with E-state index in [4.69, 9.17) is 10.4 Å². The van der Waals surface area contributed by atoms with Gasteiger partial charge in [-0.3, -0.25) is 9.69 Å². The van der Waals surface area contributed by atoms with Crippen LogP contribution in [0.4, 0.5) is 4.39 Å². The second-order valence-corrected chi connectivity index (χ2v) is 4.82. The quantitative estimate of drug-likeness (QED) is 0.902. The SMILES string of the molecule is N#Cc1cc(F)cc(CN2CCCC2CC(=O)O)c1. The van der Waals surface area contributed by atoms with Crippen molar-refractivity contribution in [1.82, 2.24) is 4.90 Å². The highest BCUT2D eigenvalue weighted by molar-refractivity contribution is 5.67. The smallest absolute Gasteiger partial charge is 0.304 e. The Hall–Kier alpha value is -1.93. The maximum absolute atomic E-state index is 13.3. The van der Waals surface area contributed by atoms with E-state index in [0.29, 0.717) is 17.7 Å². The Morgan fingerprint density at radius 1 is 1.53 bits per heavy atom. The molecule has 0 saturated carbocycles. The van der Waals surface area contributed by atoms with E-state index in [0.717, 1.165) is 19.4 Å². The molecule has 1 aromatic carbocycles. The van der Waals surface area contributed by atoms with Crippen LogP contribution in [0.25, 0.3) is 0 Å². The van der Waals surface area contributed by atoms with Crippen LogP contribution in [0, 0.1) is 17.1 Å². The molecule has 1 atom stereocenters. The molecule has 1 fully saturated rings. The van der Waals surface area contributed by atoms with Gasteiger partial charge in [0.1, 0.15) is 5.82 Å². The van der Waals surface area contributed by atoms with Crippen molar-refractivity contribution in [1.29, 1.82) is 5.26 Å². The van der Waals surface area contributed by atoms with Gasteiger partial charge in [-0.05, 0) is 43.1 Å². The molecule has 0 aromatic heterocycles. The predicted molar refractivity (Wildman–Crippen MR) is 66.8 cm³/mol. The molecule has 100 valence electrons. The summed E-state index contributed by atoms with van der Waals surface area (Å²) in [5.74, 6) is -1.24. The van der Waals surface area contributed by atoms with E-state index < -0.39 is 11.8 Å². The number of carboxylic acids is 1. The van der Waals surface area contributed by atoms with Crippen molar-refractivity contribution >= 4 is 5.97 Å². The molecular weight excluding hydrogens is 247 g/mol. The number of nitriles is 1. The summed E-state index contributed by atoms with van der Waals surface area (Å²) in [6.45, 7) is 1.31. The molecule has 0 spiro atoms. The van der Waals surface area contributed by atoms with Crippen LogP contribution in [0.2, 0.25) is 0 Å². The van der Waals surface area contributed by atoms with Crippen LogP contribution >= 0.6 is 0 Å². The summed E-state index contributed by atoms with van der Waals surface area (Å²) in [7, 11) is 0. The molecule has 2 rings (SSSR count). The Balaban J connectivity index is 2.10. The fourth-order valence-electron chi connectivity index (χ4n) is 2.58. The maximum atomic E-state index is 13.3. The monoisotopic (exact) mass is 262 g/mol. The lowest BCUT2D eigenvalue weighted by Gasteiger charge is -2.23. The fraction of sp³-hybridized carbons (Fsp3) is 0.429. The summed E-state index contributed by atoms with van der Waals surface area (Å²) in [6.07, 6.45) is 1.92. The average molecular weight is 262 g/mol. The maximum Gasteiger partial charge on any atom is 0.304 e. The number of benzene rings is 1. The zero-order valence-electron chi connectivity index (χ0n) is 10.5. The molecule has 4 nitrogen and oxygen atoms in total. The van der Waals surface area contributed by atoms with Crippen molar-refractivity contribution in [2.75, 3.05) is 6.54 Å². The first-order valence-corrected chi connectivity index (χ1v) is 6.24. The summed E-state index contributed by atoms with van der Waals surface area (Å²) >= 11 is 0. The zero-order chi connectivity index (χ0) is 13.8. The Morgan fingerprint density at radius 3 is 3.00 bits per heavy atom. The summed E-state index contributed by atoms with van der Waals surface area (Å²) in [4.78, 5) is 12.8. The van der Waals surface area contributed by atoms with Crippen molar-refractivity contribution in [3.63, 3.8) is 0 Å². The van der Waals surface area contributed by atoms with Crippen LogP contribution in [0.1, 0.15) is 30.4 Å². The largest absolute Gasteiger partial charge is 0.481 e. The number of likely N-dealkylation sites (tertiary alicyclic amines) is 1. The number of hydrogen-bond acceptors (Lipinski definition) is 3. The minimum absolute atomic E-state index is 0.00584. The zero-order valence-corrected chi connectivity index (χ0v) is 10.5. The molecule has 1 aliphatic rings. The number of rotatable bonds is 4.